The monoisotopic (exact) mass is 442 g/mol. The molecule has 1 atom stereocenters. The van der Waals surface area contributed by atoms with Crippen LogP contribution in [-0.4, -0.2) is 61.6 Å². The first-order chi connectivity index (χ1) is 15.1. The zero-order valence-corrected chi connectivity index (χ0v) is 18.2. The molecule has 6 N–H and O–H groups in total. The van der Waals surface area contributed by atoms with Gasteiger partial charge in [0.1, 0.15) is 17.0 Å². The third-order valence-corrected chi connectivity index (χ3v) is 4.62. The first kappa shape index (κ1) is 23.3. The summed E-state index contributed by atoms with van der Waals surface area (Å²) in [5.41, 5.74) is 1.56. The molecule has 10 heteroatoms. The Bertz CT molecular complexity index is 1140. The van der Waals surface area contributed by atoms with Gasteiger partial charge in [-0.15, -0.1) is 0 Å². The van der Waals surface area contributed by atoms with E-state index in [4.69, 9.17) is 10.5 Å². The van der Waals surface area contributed by atoms with Gasteiger partial charge in [0.2, 0.25) is 0 Å². The normalized spacial score (nSPS) is 12.6. The number of carbonyl (C=O) groups excluding carboxylic acids is 1. The molecule has 1 unspecified atom stereocenters. The summed E-state index contributed by atoms with van der Waals surface area (Å²) in [7, 11) is 0. The third kappa shape index (κ3) is 5.45. The summed E-state index contributed by atoms with van der Waals surface area (Å²) < 4.78 is 13.8. The smallest absolute Gasteiger partial charge is 0.255 e. The van der Waals surface area contributed by atoms with E-state index in [9.17, 15) is 14.3 Å². The molecule has 0 aliphatic rings. The lowest BCUT2D eigenvalue weighted by atomic mass is 10.0. The molecule has 1 aromatic carbocycles. The summed E-state index contributed by atoms with van der Waals surface area (Å²) in [6.45, 7) is 5.51. The van der Waals surface area contributed by atoms with Crippen LogP contribution in [0, 0.1) is 11.2 Å². The van der Waals surface area contributed by atoms with E-state index in [0.29, 0.717) is 28.0 Å². The van der Waals surface area contributed by atoms with Gasteiger partial charge in [0, 0.05) is 29.5 Å². The van der Waals surface area contributed by atoms with Crippen molar-refractivity contribution >= 4 is 28.5 Å². The van der Waals surface area contributed by atoms with Crippen LogP contribution in [0.4, 0.5) is 10.1 Å². The number of aromatic nitrogens is 3. The van der Waals surface area contributed by atoms with Crippen LogP contribution >= 0.6 is 0 Å². The topological polar surface area (TPSA) is 147 Å². The minimum atomic E-state index is -0.890. The van der Waals surface area contributed by atoms with Crippen LogP contribution in [0.1, 0.15) is 48.8 Å². The number of aliphatic hydroxyl groups excluding tert-OH is 2. The van der Waals surface area contributed by atoms with Crippen LogP contribution in [0.15, 0.2) is 30.6 Å². The van der Waals surface area contributed by atoms with Gasteiger partial charge in [0.15, 0.2) is 5.65 Å². The molecule has 1 amide bonds. The van der Waals surface area contributed by atoms with Gasteiger partial charge in [0.25, 0.3) is 5.91 Å². The Morgan fingerprint density at radius 1 is 1.31 bits per heavy atom. The van der Waals surface area contributed by atoms with E-state index in [1.807, 2.05) is 20.8 Å². The van der Waals surface area contributed by atoms with Gasteiger partial charge < -0.3 is 25.8 Å². The molecular weight excluding hydrogens is 415 g/mol. The van der Waals surface area contributed by atoms with Crippen molar-refractivity contribution < 1.29 is 19.4 Å². The van der Waals surface area contributed by atoms with E-state index >= 15 is 0 Å². The van der Waals surface area contributed by atoms with E-state index in [-0.39, 0.29) is 36.9 Å². The Balaban J connectivity index is 1.91. The van der Waals surface area contributed by atoms with E-state index in [0.717, 1.165) is 0 Å². The summed E-state index contributed by atoms with van der Waals surface area (Å²) in [5, 5.41) is 32.9. The Hall–Kier alpha value is -3.37. The lowest BCUT2D eigenvalue weighted by molar-refractivity contribution is 0.0910. The van der Waals surface area contributed by atoms with Gasteiger partial charge in [-0.1, -0.05) is 0 Å². The fraction of sp³-hybridized carbons (Fsp3) is 0.364. The molecule has 3 aromatic rings. The number of nitrogens with one attached hydrogen (secondary N) is 4. The van der Waals surface area contributed by atoms with E-state index in [2.05, 4.69) is 25.6 Å². The number of nitrogens with zero attached hydrogens (tertiary/aromatic N) is 2. The van der Waals surface area contributed by atoms with E-state index in [1.165, 1.54) is 30.6 Å². The molecule has 3 rings (SSSR count). The lowest BCUT2D eigenvalue weighted by Gasteiger charge is -2.20. The minimum absolute atomic E-state index is 0.00649. The quantitative estimate of drug-likeness (QED) is 0.295. The second-order valence-electron chi connectivity index (χ2n) is 8.48. The number of H-pyrrole nitrogens is 1. The molecule has 0 spiro atoms. The van der Waals surface area contributed by atoms with Crippen molar-refractivity contribution in [2.75, 3.05) is 18.5 Å². The number of amides is 1. The number of hydrogen-bond donors (Lipinski definition) is 6. The third-order valence-electron chi connectivity index (χ3n) is 4.62. The first-order valence-electron chi connectivity index (χ1n) is 10.2. The van der Waals surface area contributed by atoms with E-state index < -0.39 is 17.5 Å². The molecule has 0 bridgehead atoms. The Kier molecular flexibility index (Phi) is 6.85. The van der Waals surface area contributed by atoms with Crippen LogP contribution in [0.25, 0.3) is 11.2 Å². The van der Waals surface area contributed by atoms with Crippen LogP contribution in [-0.2, 0) is 0 Å². The average molecular weight is 442 g/mol. The van der Waals surface area contributed by atoms with Crippen molar-refractivity contribution in [3.63, 3.8) is 0 Å². The van der Waals surface area contributed by atoms with Gasteiger partial charge in [0.05, 0.1) is 30.2 Å². The lowest BCUT2D eigenvalue weighted by Crippen LogP contribution is -2.40. The maximum atomic E-state index is 13.8. The number of aromatic amines is 1. The summed E-state index contributed by atoms with van der Waals surface area (Å²) in [5.74, 6) is -0.798. The highest BCUT2D eigenvalue weighted by Crippen LogP contribution is 2.22. The van der Waals surface area contributed by atoms with Crippen LogP contribution in [0.5, 0.6) is 0 Å². The van der Waals surface area contributed by atoms with Crippen molar-refractivity contribution in [1.29, 1.82) is 5.41 Å². The average Bonchev–Trinajstić information content (AvgIpc) is 3.15. The number of halogens is 1. The van der Waals surface area contributed by atoms with Gasteiger partial charge in [-0.3, -0.25) is 10.2 Å². The summed E-state index contributed by atoms with van der Waals surface area (Å²) in [4.78, 5) is 24.3. The first-order valence-corrected chi connectivity index (χ1v) is 10.2. The van der Waals surface area contributed by atoms with Gasteiger partial charge in [-0.2, -0.15) is 0 Å². The summed E-state index contributed by atoms with van der Waals surface area (Å²) in [6, 6.07) is 3.94. The maximum absolute atomic E-state index is 13.8. The van der Waals surface area contributed by atoms with Crippen LogP contribution in [0.3, 0.4) is 0 Å². The Morgan fingerprint density at radius 2 is 2.06 bits per heavy atom. The zero-order valence-electron chi connectivity index (χ0n) is 18.2. The van der Waals surface area contributed by atoms with Gasteiger partial charge in [-0.05, 0) is 45.4 Å². The van der Waals surface area contributed by atoms with Crippen molar-refractivity contribution in [2.45, 2.75) is 38.8 Å². The molecule has 0 saturated heterocycles. The molecule has 2 heterocycles. The number of benzene rings is 1. The van der Waals surface area contributed by atoms with Gasteiger partial charge >= 0.3 is 0 Å². The second kappa shape index (κ2) is 9.41. The number of carbonyl (C=O) groups is 1. The van der Waals surface area contributed by atoms with Crippen LogP contribution < -0.4 is 10.6 Å². The molecule has 0 radical (unpaired) electrons. The highest BCUT2D eigenvalue weighted by atomic mass is 19.1. The highest BCUT2D eigenvalue weighted by molar-refractivity contribution is 6.14. The number of anilines is 1. The largest absolute Gasteiger partial charge is 0.394 e. The Labute approximate surface area is 184 Å². The summed E-state index contributed by atoms with van der Waals surface area (Å²) >= 11 is 0. The molecule has 0 aliphatic carbocycles. The number of fused-ring (bicyclic) bond motifs is 1. The predicted octanol–water partition coefficient (Wildman–Crippen LogP) is 2.20. The fourth-order valence-electron chi connectivity index (χ4n) is 3.08. The van der Waals surface area contributed by atoms with Gasteiger partial charge in [-0.25, -0.2) is 14.4 Å². The van der Waals surface area contributed by atoms with Crippen LogP contribution in [0.2, 0.25) is 0 Å². The summed E-state index contributed by atoms with van der Waals surface area (Å²) in [6.07, 6.45) is 2.30. The molecule has 0 fully saturated rings. The molecule has 170 valence electrons. The maximum Gasteiger partial charge on any atom is 0.255 e. The predicted molar refractivity (Wildman–Crippen MR) is 120 cm³/mol. The Morgan fingerprint density at radius 3 is 2.75 bits per heavy atom. The highest BCUT2D eigenvalue weighted by Gasteiger charge is 2.21. The molecule has 9 nitrogen and oxygen atoms in total. The van der Waals surface area contributed by atoms with Crippen molar-refractivity contribution in [3.05, 3.63) is 53.2 Å². The van der Waals surface area contributed by atoms with Crippen molar-refractivity contribution in [2.24, 2.45) is 0 Å². The van der Waals surface area contributed by atoms with Crippen molar-refractivity contribution in [1.82, 2.24) is 20.3 Å². The number of rotatable bonds is 8. The molecule has 0 saturated carbocycles. The second-order valence-corrected chi connectivity index (χ2v) is 8.48. The zero-order chi connectivity index (χ0) is 23.5. The fourth-order valence-corrected chi connectivity index (χ4v) is 3.08. The molecule has 32 heavy (non-hydrogen) atoms. The molecule has 2 aromatic heterocycles. The SMILES string of the molecule is CC(C)(C)NC(=O)c1c[nH]c2ncc(C(=N)c3ccc(F)cc3NCCC(O)CO)nc12. The standard InChI is InChI=1S/C22H27FN6O3/c1-22(2,3)29-21(32)15-9-26-20-19(15)28-17(10-27-20)18(24)14-5-4-12(23)8-16(14)25-7-6-13(31)11-30/h4-5,8-10,13,24-25,30-31H,6-7,11H2,1-3H3,(H,26,27)(H,29,32). The van der Waals surface area contributed by atoms with E-state index in [1.54, 1.807) is 0 Å². The molecule has 0 aliphatic heterocycles. The van der Waals surface area contributed by atoms with Crippen molar-refractivity contribution in [3.8, 4) is 0 Å². The molecular formula is C22H27FN6O3. The minimum Gasteiger partial charge on any atom is -0.394 e. The number of aliphatic hydroxyl groups is 2. The number of hydrogen-bond acceptors (Lipinski definition) is 7.